The second-order valence-electron chi connectivity index (χ2n) is 6.15. The molecule has 3 rings (SSSR count). The summed E-state index contributed by atoms with van der Waals surface area (Å²) in [4.78, 5) is 14.6. The summed E-state index contributed by atoms with van der Waals surface area (Å²) in [7, 11) is 0. The van der Waals surface area contributed by atoms with E-state index in [0.717, 1.165) is 58.2 Å². The van der Waals surface area contributed by atoms with E-state index < -0.39 is 0 Å². The molecule has 0 atom stereocenters. The Labute approximate surface area is 125 Å². The standard InChI is InChI=1S/C15H25N5O/c1-2-3-10-19(12-4-5-12)15(21)14-11-20(18-17-14)13-6-8-16-9-7-13/h11-13,16H,2-10H2,1H3. The van der Waals surface area contributed by atoms with Crippen LogP contribution in [0.1, 0.15) is 62.0 Å². The molecule has 1 aliphatic heterocycles. The minimum Gasteiger partial charge on any atom is -0.334 e. The van der Waals surface area contributed by atoms with Crippen molar-refractivity contribution in [2.45, 2.75) is 57.5 Å². The SMILES string of the molecule is CCCCN(C(=O)c1cn(C2CCNCC2)nn1)C1CC1. The maximum Gasteiger partial charge on any atom is 0.276 e. The maximum absolute atomic E-state index is 12.6. The molecular formula is C15H25N5O. The molecule has 6 heteroatoms. The molecule has 0 radical (unpaired) electrons. The van der Waals surface area contributed by atoms with E-state index in [2.05, 4.69) is 22.6 Å². The van der Waals surface area contributed by atoms with E-state index in [1.54, 1.807) is 0 Å². The van der Waals surface area contributed by atoms with Crippen molar-refractivity contribution >= 4 is 5.91 Å². The molecular weight excluding hydrogens is 266 g/mol. The topological polar surface area (TPSA) is 63.1 Å². The van der Waals surface area contributed by atoms with Crippen LogP contribution in [0.2, 0.25) is 0 Å². The minimum absolute atomic E-state index is 0.0612. The first-order chi connectivity index (χ1) is 10.3. The van der Waals surface area contributed by atoms with Gasteiger partial charge in [-0.05, 0) is 45.2 Å². The third-order valence-electron chi connectivity index (χ3n) is 4.41. The molecule has 1 saturated carbocycles. The molecule has 1 aromatic heterocycles. The molecule has 1 N–H and O–H groups in total. The van der Waals surface area contributed by atoms with Gasteiger partial charge in [0, 0.05) is 12.6 Å². The molecule has 1 amide bonds. The number of carbonyl (C=O) groups is 1. The van der Waals surface area contributed by atoms with E-state index >= 15 is 0 Å². The van der Waals surface area contributed by atoms with Crippen LogP contribution in [0, 0.1) is 0 Å². The number of hydrogen-bond donors (Lipinski definition) is 1. The Morgan fingerprint density at radius 1 is 1.38 bits per heavy atom. The molecule has 0 bridgehead atoms. The molecule has 0 spiro atoms. The molecule has 21 heavy (non-hydrogen) atoms. The van der Waals surface area contributed by atoms with Crippen molar-refractivity contribution in [3.8, 4) is 0 Å². The van der Waals surface area contributed by atoms with Gasteiger partial charge in [-0.25, -0.2) is 4.68 Å². The molecule has 2 fully saturated rings. The number of aromatic nitrogens is 3. The van der Waals surface area contributed by atoms with Crippen LogP contribution in [0.15, 0.2) is 6.20 Å². The van der Waals surface area contributed by atoms with Crippen molar-refractivity contribution in [1.29, 1.82) is 0 Å². The van der Waals surface area contributed by atoms with Gasteiger partial charge in [0.2, 0.25) is 0 Å². The zero-order valence-corrected chi connectivity index (χ0v) is 12.8. The Morgan fingerprint density at radius 2 is 2.14 bits per heavy atom. The van der Waals surface area contributed by atoms with Crippen LogP contribution >= 0.6 is 0 Å². The third kappa shape index (κ3) is 3.43. The highest BCUT2D eigenvalue weighted by Gasteiger charge is 2.33. The summed E-state index contributed by atoms with van der Waals surface area (Å²) in [6.07, 6.45) is 8.40. The summed E-state index contributed by atoms with van der Waals surface area (Å²) in [5.41, 5.74) is 0.511. The van der Waals surface area contributed by atoms with Gasteiger partial charge in [0.15, 0.2) is 5.69 Å². The molecule has 1 aliphatic carbocycles. The summed E-state index contributed by atoms with van der Waals surface area (Å²) in [5, 5.41) is 11.7. The fraction of sp³-hybridized carbons (Fsp3) is 0.800. The van der Waals surface area contributed by atoms with Gasteiger partial charge in [0.25, 0.3) is 5.91 Å². The highest BCUT2D eigenvalue weighted by molar-refractivity contribution is 5.92. The second kappa shape index (κ2) is 6.56. The molecule has 0 aromatic carbocycles. The highest BCUT2D eigenvalue weighted by Crippen LogP contribution is 2.28. The summed E-state index contributed by atoms with van der Waals surface area (Å²) in [6.45, 7) is 5.03. The van der Waals surface area contributed by atoms with Crippen LogP contribution in [0.5, 0.6) is 0 Å². The fourth-order valence-electron chi connectivity index (χ4n) is 2.94. The Kier molecular flexibility index (Phi) is 4.53. The Morgan fingerprint density at radius 3 is 2.81 bits per heavy atom. The first-order valence-corrected chi connectivity index (χ1v) is 8.23. The first-order valence-electron chi connectivity index (χ1n) is 8.23. The van der Waals surface area contributed by atoms with Gasteiger partial charge in [-0.1, -0.05) is 18.6 Å². The van der Waals surface area contributed by atoms with Gasteiger partial charge in [0.05, 0.1) is 12.2 Å². The summed E-state index contributed by atoms with van der Waals surface area (Å²) < 4.78 is 1.89. The molecule has 116 valence electrons. The maximum atomic E-state index is 12.6. The zero-order valence-electron chi connectivity index (χ0n) is 12.8. The van der Waals surface area contributed by atoms with Crippen LogP contribution < -0.4 is 5.32 Å². The van der Waals surface area contributed by atoms with Crippen molar-refractivity contribution in [3.05, 3.63) is 11.9 Å². The second-order valence-corrected chi connectivity index (χ2v) is 6.15. The largest absolute Gasteiger partial charge is 0.334 e. The van der Waals surface area contributed by atoms with Gasteiger partial charge in [-0.3, -0.25) is 4.79 Å². The zero-order chi connectivity index (χ0) is 14.7. The van der Waals surface area contributed by atoms with Crippen molar-refractivity contribution in [2.75, 3.05) is 19.6 Å². The number of amides is 1. The van der Waals surface area contributed by atoms with Crippen LogP contribution in [0.4, 0.5) is 0 Å². The van der Waals surface area contributed by atoms with E-state index in [1.165, 1.54) is 0 Å². The van der Waals surface area contributed by atoms with Gasteiger partial charge in [-0.15, -0.1) is 5.10 Å². The van der Waals surface area contributed by atoms with Crippen molar-refractivity contribution < 1.29 is 4.79 Å². The molecule has 1 aromatic rings. The number of rotatable bonds is 6. The predicted octanol–water partition coefficient (Wildman–Crippen LogP) is 1.61. The lowest BCUT2D eigenvalue weighted by molar-refractivity contribution is 0.0734. The number of carbonyl (C=O) groups excluding carboxylic acids is 1. The number of nitrogens with zero attached hydrogens (tertiary/aromatic N) is 4. The molecule has 0 unspecified atom stereocenters. The quantitative estimate of drug-likeness (QED) is 0.865. The van der Waals surface area contributed by atoms with Crippen LogP contribution in [0.3, 0.4) is 0 Å². The van der Waals surface area contributed by atoms with Gasteiger partial charge in [0.1, 0.15) is 0 Å². The lowest BCUT2D eigenvalue weighted by atomic mass is 10.1. The summed E-state index contributed by atoms with van der Waals surface area (Å²) >= 11 is 0. The normalized spacial score (nSPS) is 19.7. The van der Waals surface area contributed by atoms with E-state index in [1.807, 2.05) is 15.8 Å². The van der Waals surface area contributed by atoms with E-state index in [4.69, 9.17) is 0 Å². The highest BCUT2D eigenvalue weighted by atomic mass is 16.2. The number of hydrogen-bond acceptors (Lipinski definition) is 4. The smallest absolute Gasteiger partial charge is 0.276 e. The lowest BCUT2D eigenvalue weighted by Crippen LogP contribution is -2.34. The number of unbranched alkanes of at least 4 members (excludes halogenated alkanes) is 1. The average molecular weight is 291 g/mol. The van der Waals surface area contributed by atoms with Crippen LogP contribution in [-0.2, 0) is 0 Å². The fourth-order valence-corrected chi connectivity index (χ4v) is 2.94. The summed E-state index contributed by atoms with van der Waals surface area (Å²) in [5.74, 6) is 0.0612. The minimum atomic E-state index is 0.0612. The van der Waals surface area contributed by atoms with E-state index in [0.29, 0.717) is 17.8 Å². The molecule has 1 saturated heterocycles. The number of nitrogens with one attached hydrogen (secondary N) is 1. The Bertz CT molecular complexity index is 476. The van der Waals surface area contributed by atoms with Crippen molar-refractivity contribution in [3.63, 3.8) is 0 Å². The van der Waals surface area contributed by atoms with Crippen LogP contribution in [0.25, 0.3) is 0 Å². The predicted molar refractivity (Wildman–Crippen MR) is 80.1 cm³/mol. The average Bonchev–Trinajstić information content (AvgIpc) is 3.24. The monoisotopic (exact) mass is 291 g/mol. The van der Waals surface area contributed by atoms with Gasteiger partial charge < -0.3 is 10.2 Å². The van der Waals surface area contributed by atoms with Crippen molar-refractivity contribution in [1.82, 2.24) is 25.2 Å². The lowest BCUT2D eigenvalue weighted by Gasteiger charge is -2.22. The van der Waals surface area contributed by atoms with E-state index in [-0.39, 0.29) is 5.91 Å². The number of piperidine rings is 1. The Balaban J connectivity index is 1.67. The van der Waals surface area contributed by atoms with Gasteiger partial charge in [-0.2, -0.15) is 0 Å². The van der Waals surface area contributed by atoms with Gasteiger partial charge >= 0.3 is 0 Å². The molecule has 2 heterocycles. The third-order valence-corrected chi connectivity index (χ3v) is 4.41. The summed E-state index contributed by atoms with van der Waals surface area (Å²) in [6, 6.07) is 0.818. The first kappa shape index (κ1) is 14.5. The van der Waals surface area contributed by atoms with E-state index in [9.17, 15) is 4.79 Å². The Hall–Kier alpha value is -1.43. The molecule has 2 aliphatic rings. The molecule has 6 nitrogen and oxygen atoms in total. The van der Waals surface area contributed by atoms with Crippen molar-refractivity contribution in [2.24, 2.45) is 0 Å². The van der Waals surface area contributed by atoms with Crippen LogP contribution in [-0.4, -0.2) is 51.5 Å².